The number of hydrogen-bond donors (Lipinski definition) is 0. The molecule has 0 spiro atoms. The Morgan fingerprint density at radius 3 is 2.72 bits per heavy atom. The molecule has 1 amide bonds. The highest BCUT2D eigenvalue weighted by Crippen LogP contribution is 2.27. The fourth-order valence-electron chi connectivity index (χ4n) is 3.25. The van der Waals surface area contributed by atoms with Gasteiger partial charge in [0.1, 0.15) is 5.65 Å². The quantitative estimate of drug-likeness (QED) is 0.734. The third-order valence-electron chi connectivity index (χ3n) is 4.54. The minimum atomic E-state index is 0.168. The molecule has 0 N–H and O–H groups in total. The van der Waals surface area contributed by atoms with Crippen molar-refractivity contribution in [2.24, 2.45) is 0 Å². The number of pyridine rings is 2. The third-order valence-corrected chi connectivity index (χ3v) is 4.54. The molecule has 1 saturated heterocycles. The molecular formula is C19H20N4O2. The zero-order valence-electron chi connectivity index (χ0n) is 14.0. The summed E-state index contributed by atoms with van der Waals surface area (Å²) in [6, 6.07) is 10.1. The lowest BCUT2D eigenvalue weighted by molar-refractivity contribution is -0.135. The number of morpholine rings is 1. The van der Waals surface area contributed by atoms with Crippen molar-refractivity contribution in [2.45, 2.75) is 13.0 Å². The average Bonchev–Trinajstić information content (AvgIpc) is 3.06. The zero-order chi connectivity index (χ0) is 17.1. The van der Waals surface area contributed by atoms with E-state index in [2.05, 4.69) is 20.6 Å². The van der Waals surface area contributed by atoms with E-state index in [4.69, 9.17) is 4.74 Å². The topological polar surface area (TPSA) is 60.2 Å². The monoisotopic (exact) mass is 336 g/mol. The summed E-state index contributed by atoms with van der Waals surface area (Å²) in [6.07, 6.45) is 5.81. The molecule has 0 unspecified atom stereocenters. The van der Waals surface area contributed by atoms with Crippen molar-refractivity contribution in [3.05, 3.63) is 48.9 Å². The van der Waals surface area contributed by atoms with Gasteiger partial charge in [-0.25, -0.2) is 4.98 Å². The van der Waals surface area contributed by atoms with Gasteiger partial charge in [-0.1, -0.05) is 0 Å². The van der Waals surface area contributed by atoms with Crippen LogP contribution in [0.2, 0.25) is 0 Å². The van der Waals surface area contributed by atoms with Crippen molar-refractivity contribution in [3.63, 3.8) is 0 Å². The normalized spacial score (nSPS) is 14.8. The molecular weight excluding hydrogens is 316 g/mol. The number of rotatable bonds is 4. The van der Waals surface area contributed by atoms with E-state index in [9.17, 15) is 4.79 Å². The Labute approximate surface area is 146 Å². The van der Waals surface area contributed by atoms with E-state index in [0.717, 1.165) is 22.3 Å². The second kappa shape index (κ2) is 7.03. The maximum Gasteiger partial charge on any atom is 0.224 e. The lowest BCUT2D eigenvalue weighted by Gasteiger charge is -2.27. The van der Waals surface area contributed by atoms with Gasteiger partial charge < -0.3 is 14.2 Å². The van der Waals surface area contributed by atoms with Crippen LogP contribution >= 0.6 is 0 Å². The fraction of sp³-hybridized carbons (Fsp3) is 0.316. The van der Waals surface area contributed by atoms with E-state index >= 15 is 0 Å². The van der Waals surface area contributed by atoms with E-state index in [1.165, 1.54) is 0 Å². The van der Waals surface area contributed by atoms with Crippen LogP contribution in [0.1, 0.15) is 6.42 Å². The predicted molar refractivity (Wildman–Crippen MR) is 95.0 cm³/mol. The van der Waals surface area contributed by atoms with Crippen molar-refractivity contribution in [3.8, 4) is 11.3 Å². The van der Waals surface area contributed by atoms with E-state index < -0.39 is 0 Å². The van der Waals surface area contributed by atoms with Crippen molar-refractivity contribution in [2.75, 3.05) is 26.3 Å². The van der Waals surface area contributed by atoms with Crippen molar-refractivity contribution in [1.29, 1.82) is 0 Å². The van der Waals surface area contributed by atoms with Gasteiger partial charge in [0.15, 0.2) is 0 Å². The smallest absolute Gasteiger partial charge is 0.224 e. The van der Waals surface area contributed by atoms with Gasteiger partial charge in [0.25, 0.3) is 0 Å². The Morgan fingerprint density at radius 1 is 1.12 bits per heavy atom. The molecule has 1 aliphatic heterocycles. The van der Waals surface area contributed by atoms with Crippen molar-refractivity contribution in [1.82, 2.24) is 19.4 Å². The molecule has 6 nitrogen and oxygen atoms in total. The average molecular weight is 336 g/mol. The van der Waals surface area contributed by atoms with Crippen LogP contribution in [-0.2, 0) is 16.1 Å². The summed E-state index contributed by atoms with van der Waals surface area (Å²) < 4.78 is 7.45. The molecule has 0 bridgehead atoms. The van der Waals surface area contributed by atoms with E-state index in [0.29, 0.717) is 39.3 Å². The van der Waals surface area contributed by atoms with Gasteiger partial charge in [-0.15, -0.1) is 0 Å². The molecule has 1 aliphatic rings. The van der Waals surface area contributed by atoms with Crippen LogP contribution in [0.4, 0.5) is 0 Å². The van der Waals surface area contributed by atoms with Gasteiger partial charge in [0, 0.05) is 55.6 Å². The largest absolute Gasteiger partial charge is 0.378 e. The minimum absolute atomic E-state index is 0.168. The Kier molecular flexibility index (Phi) is 4.43. The molecule has 4 heterocycles. The molecule has 3 aromatic rings. The Morgan fingerprint density at radius 2 is 1.92 bits per heavy atom. The molecule has 0 radical (unpaired) electrons. The van der Waals surface area contributed by atoms with Crippen LogP contribution in [0.25, 0.3) is 22.3 Å². The minimum Gasteiger partial charge on any atom is -0.378 e. The first-order chi connectivity index (χ1) is 12.3. The maximum atomic E-state index is 12.5. The van der Waals surface area contributed by atoms with Crippen LogP contribution in [0, 0.1) is 0 Å². The Balaban J connectivity index is 1.62. The number of carbonyl (C=O) groups excluding carboxylic acids is 1. The molecule has 4 rings (SSSR count). The van der Waals surface area contributed by atoms with Gasteiger partial charge >= 0.3 is 0 Å². The lowest BCUT2D eigenvalue weighted by Crippen LogP contribution is -2.41. The van der Waals surface area contributed by atoms with Crippen LogP contribution in [0.3, 0.4) is 0 Å². The SMILES string of the molecule is O=C(CCn1c(-c2ccncc2)cc2cccnc21)N1CCOCC1. The molecule has 6 heteroatoms. The van der Waals surface area contributed by atoms with Crippen molar-refractivity contribution < 1.29 is 9.53 Å². The molecule has 25 heavy (non-hydrogen) atoms. The third kappa shape index (κ3) is 3.25. The molecule has 1 fully saturated rings. The summed E-state index contributed by atoms with van der Waals surface area (Å²) in [5, 5.41) is 1.08. The van der Waals surface area contributed by atoms with E-state index in [1.54, 1.807) is 18.6 Å². The van der Waals surface area contributed by atoms with Gasteiger partial charge in [-0.2, -0.15) is 0 Å². The van der Waals surface area contributed by atoms with E-state index in [1.807, 2.05) is 29.2 Å². The summed E-state index contributed by atoms with van der Waals surface area (Å²) in [7, 11) is 0. The zero-order valence-corrected chi connectivity index (χ0v) is 14.0. The highest BCUT2D eigenvalue weighted by molar-refractivity contribution is 5.84. The Bertz CT molecular complexity index is 870. The summed E-state index contributed by atoms with van der Waals surface area (Å²) in [4.78, 5) is 23.0. The van der Waals surface area contributed by atoms with Crippen molar-refractivity contribution >= 4 is 16.9 Å². The Hall–Kier alpha value is -2.73. The number of nitrogens with zero attached hydrogens (tertiary/aromatic N) is 4. The van der Waals surface area contributed by atoms with Gasteiger partial charge in [-0.3, -0.25) is 9.78 Å². The number of carbonyl (C=O) groups is 1. The number of amides is 1. The number of hydrogen-bond acceptors (Lipinski definition) is 4. The highest BCUT2D eigenvalue weighted by Gasteiger charge is 2.18. The highest BCUT2D eigenvalue weighted by atomic mass is 16.5. The first-order valence-corrected chi connectivity index (χ1v) is 8.53. The van der Waals surface area contributed by atoms with Crippen LogP contribution in [0.15, 0.2) is 48.9 Å². The van der Waals surface area contributed by atoms with Crippen LogP contribution in [-0.4, -0.2) is 51.6 Å². The van der Waals surface area contributed by atoms with Gasteiger partial charge in [-0.05, 0) is 30.3 Å². The maximum absolute atomic E-state index is 12.5. The van der Waals surface area contributed by atoms with Gasteiger partial charge in [0.2, 0.25) is 5.91 Å². The summed E-state index contributed by atoms with van der Waals surface area (Å²) in [6.45, 7) is 3.22. The van der Waals surface area contributed by atoms with Gasteiger partial charge in [0.05, 0.1) is 18.9 Å². The molecule has 0 aromatic carbocycles. The first kappa shape index (κ1) is 15.8. The predicted octanol–water partition coefficient (Wildman–Crippen LogP) is 2.35. The number of aryl methyl sites for hydroxylation is 1. The first-order valence-electron chi connectivity index (χ1n) is 8.53. The summed E-state index contributed by atoms with van der Waals surface area (Å²) in [5.74, 6) is 0.168. The lowest BCUT2D eigenvalue weighted by atomic mass is 10.2. The molecule has 0 atom stereocenters. The summed E-state index contributed by atoms with van der Waals surface area (Å²) >= 11 is 0. The molecule has 3 aromatic heterocycles. The standard InChI is InChI=1S/C19H20N4O2/c24-18(22-10-12-25-13-11-22)5-9-23-17(15-3-7-20-8-4-15)14-16-2-1-6-21-19(16)23/h1-4,6-8,14H,5,9-13H2. The number of ether oxygens (including phenoxy) is 1. The molecule has 128 valence electrons. The summed E-state index contributed by atoms with van der Waals surface area (Å²) in [5.41, 5.74) is 3.04. The fourth-order valence-corrected chi connectivity index (χ4v) is 3.25. The number of aromatic nitrogens is 3. The number of fused-ring (bicyclic) bond motifs is 1. The van der Waals surface area contributed by atoms with Crippen LogP contribution < -0.4 is 0 Å². The molecule has 0 aliphatic carbocycles. The molecule has 0 saturated carbocycles. The van der Waals surface area contributed by atoms with E-state index in [-0.39, 0.29) is 5.91 Å². The second-order valence-electron chi connectivity index (χ2n) is 6.08. The second-order valence-corrected chi connectivity index (χ2v) is 6.08. The van der Waals surface area contributed by atoms with Crippen LogP contribution in [0.5, 0.6) is 0 Å².